The van der Waals surface area contributed by atoms with Gasteiger partial charge in [-0.3, -0.25) is 0 Å². The summed E-state index contributed by atoms with van der Waals surface area (Å²) in [5.74, 6) is -0.118. The van der Waals surface area contributed by atoms with Gasteiger partial charge in [-0.15, -0.1) is 5.10 Å². The molecule has 0 fully saturated rings. The molecule has 0 saturated carbocycles. The topological polar surface area (TPSA) is 71.8 Å². The van der Waals surface area contributed by atoms with Gasteiger partial charge in [0, 0.05) is 5.33 Å². The fourth-order valence-corrected chi connectivity index (χ4v) is 0.942. The number of H-pyrrole nitrogens is 1. The average molecular weight is 232 g/mol. The molecule has 0 radical (unpaired) electrons. The molecule has 0 unspecified atom stereocenters. The number of alkyl halides is 1. The van der Waals surface area contributed by atoms with Crippen molar-refractivity contribution in [2.45, 2.75) is 0 Å². The van der Waals surface area contributed by atoms with E-state index in [2.05, 4.69) is 32.7 Å². The van der Waals surface area contributed by atoms with Crippen LogP contribution in [0.15, 0.2) is 12.6 Å². The molecule has 1 aromatic rings. The summed E-state index contributed by atoms with van der Waals surface area (Å²) in [6.45, 7) is 3.66. The van der Waals surface area contributed by atoms with E-state index in [1.165, 1.54) is 6.07 Å². The normalized spacial score (nSPS) is 9.75. The number of nitrogens with one attached hydrogen (secondary N) is 1. The van der Waals surface area contributed by atoms with Gasteiger partial charge in [0.1, 0.15) is 5.69 Å². The van der Waals surface area contributed by atoms with Crippen molar-refractivity contribution in [2.75, 3.05) is 5.33 Å². The van der Waals surface area contributed by atoms with Gasteiger partial charge in [-0.1, -0.05) is 27.6 Å². The number of allylic oxidation sites excluding steroid dienone is 1. The molecule has 0 aliphatic rings. The number of aromatic amines is 1. The molecular weight excluding hydrogens is 226 g/mol. The number of halogens is 1. The van der Waals surface area contributed by atoms with Crippen molar-refractivity contribution >= 4 is 27.3 Å². The monoisotopic (exact) mass is 231 g/mol. The zero-order valence-corrected chi connectivity index (χ0v) is 7.67. The molecule has 0 amide bonds. The van der Waals surface area contributed by atoms with E-state index in [-0.39, 0.29) is 5.82 Å². The van der Waals surface area contributed by atoms with Crippen molar-refractivity contribution in [2.24, 2.45) is 0 Å². The first-order valence-electron chi connectivity index (χ1n) is 3.09. The lowest BCUT2D eigenvalue weighted by Crippen LogP contribution is -1.86. The van der Waals surface area contributed by atoms with Crippen LogP contribution in [0.4, 0.5) is 5.82 Å². The molecule has 0 saturated heterocycles. The molecule has 5 nitrogen and oxygen atoms in total. The van der Waals surface area contributed by atoms with Crippen LogP contribution >= 0.6 is 15.9 Å². The van der Waals surface area contributed by atoms with Crippen LogP contribution < -0.4 is 0 Å². The second-order valence-electron chi connectivity index (χ2n) is 2.13. The predicted octanol–water partition coefficient (Wildman–Crippen LogP) is 1.73. The van der Waals surface area contributed by atoms with Crippen molar-refractivity contribution in [1.29, 1.82) is 0 Å². The number of hydrogen-bond donors (Lipinski definition) is 1. The first-order chi connectivity index (χ1) is 5.65. The van der Waals surface area contributed by atoms with Gasteiger partial charge in [0.15, 0.2) is 0 Å². The first kappa shape index (κ1) is 8.92. The maximum atomic E-state index is 10.2. The molecule has 1 aromatic heterocycles. The second-order valence-corrected chi connectivity index (χ2v) is 2.69. The Bertz CT molecular complexity index is 320. The van der Waals surface area contributed by atoms with E-state index in [1.54, 1.807) is 0 Å². The Morgan fingerprint density at radius 1 is 1.92 bits per heavy atom. The van der Waals surface area contributed by atoms with Gasteiger partial charge in [0.25, 0.3) is 0 Å². The Hall–Kier alpha value is -1.17. The zero-order chi connectivity index (χ0) is 9.14. The van der Waals surface area contributed by atoms with Gasteiger partial charge in [0.05, 0.1) is 6.07 Å². The average Bonchev–Trinajstić information content (AvgIpc) is 2.51. The third kappa shape index (κ3) is 1.70. The minimum absolute atomic E-state index is 0.118. The molecule has 0 spiro atoms. The molecule has 12 heavy (non-hydrogen) atoms. The SMILES string of the molecule is C=C(CBr)c1cc([N+](=O)[O-])[nH]n1. The fourth-order valence-electron chi connectivity index (χ4n) is 0.655. The highest BCUT2D eigenvalue weighted by molar-refractivity contribution is 9.09. The molecule has 64 valence electrons. The summed E-state index contributed by atoms with van der Waals surface area (Å²) < 4.78 is 0. The highest BCUT2D eigenvalue weighted by atomic mass is 79.9. The summed E-state index contributed by atoms with van der Waals surface area (Å²) in [7, 11) is 0. The lowest BCUT2D eigenvalue weighted by Gasteiger charge is -1.89. The summed E-state index contributed by atoms with van der Waals surface area (Å²) in [4.78, 5) is 9.69. The number of aromatic nitrogens is 2. The number of nitrogens with zero attached hydrogens (tertiary/aromatic N) is 2. The zero-order valence-electron chi connectivity index (χ0n) is 6.08. The van der Waals surface area contributed by atoms with Crippen molar-refractivity contribution < 1.29 is 4.92 Å². The summed E-state index contributed by atoms with van der Waals surface area (Å²) in [5, 5.41) is 16.8. The predicted molar refractivity (Wildman–Crippen MR) is 48.1 cm³/mol. The first-order valence-corrected chi connectivity index (χ1v) is 4.21. The van der Waals surface area contributed by atoms with E-state index in [0.29, 0.717) is 16.6 Å². The van der Waals surface area contributed by atoms with Crippen LogP contribution in [-0.4, -0.2) is 20.5 Å². The standard InChI is InChI=1S/C6H6BrN3O2/c1-4(3-7)5-2-6(9-8-5)10(11)12/h2H,1,3H2,(H,8,9). The van der Waals surface area contributed by atoms with E-state index >= 15 is 0 Å². The highest BCUT2D eigenvalue weighted by Crippen LogP contribution is 2.16. The summed E-state index contributed by atoms with van der Waals surface area (Å²) >= 11 is 3.17. The van der Waals surface area contributed by atoms with Crippen LogP contribution in [0.2, 0.25) is 0 Å². The number of hydrogen-bond acceptors (Lipinski definition) is 3. The van der Waals surface area contributed by atoms with Crippen LogP contribution in [0.25, 0.3) is 5.57 Å². The quantitative estimate of drug-likeness (QED) is 0.490. The molecule has 0 aromatic carbocycles. The largest absolute Gasteiger partial charge is 0.358 e. The number of rotatable bonds is 3. The van der Waals surface area contributed by atoms with Crippen molar-refractivity contribution in [3.8, 4) is 0 Å². The molecule has 0 aliphatic heterocycles. The molecule has 1 rings (SSSR count). The molecule has 6 heteroatoms. The van der Waals surface area contributed by atoms with Gasteiger partial charge in [-0.25, -0.2) is 0 Å². The van der Waals surface area contributed by atoms with E-state index < -0.39 is 4.92 Å². The Morgan fingerprint density at radius 2 is 2.58 bits per heavy atom. The second kappa shape index (κ2) is 3.48. The van der Waals surface area contributed by atoms with Gasteiger partial charge < -0.3 is 10.1 Å². The Morgan fingerprint density at radius 3 is 3.00 bits per heavy atom. The Balaban J connectivity index is 2.91. The van der Waals surface area contributed by atoms with Crippen LogP contribution in [0.1, 0.15) is 5.69 Å². The lowest BCUT2D eigenvalue weighted by molar-refractivity contribution is -0.389. The Labute approximate surface area is 76.8 Å². The third-order valence-electron chi connectivity index (χ3n) is 1.28. The summed E-state index contributed by atoms with van der Waals surface area (Å²) in [6.07, 6.45) is 0. The minimum atomic E-state index is -0.530. The van der Waals surface area contributed by atoms with E-state index in [4.69, 9.17) is 0 Å². The Kier molecular flexibility index (Phi) is 2.59. The molecule has 0 atom stereocenters. The summed E-state index contributed by atoms with van der Waals surface area (Å²) in [5.41, 5.74) is 1.22. The highest BCUT2D eigenvalue weighted by Gasteiger charge is 2.10. The van der Waals surface area contributed by atoms with Crippen molar-refractivity contribution in [1.82, 2.24) is 10.2 Å². The fraction of sp³-hybridized carbons (Fsp3) is 0.167. The van der Waals surface area contributed by atoms with E-state index in [0.717, 1.165) is 0 Å². The van der Waals surface area contributed by atoms with Crippen molar-refractivity contribution in [3.63, 3.8) is 0 Å². The smallest absolute Gasteiger partial charge is 0.343 e. The van der Waals surface area contributed by atoms with Crippen LogP contribution in [-0.2, 0) is 0 Å². The summed E-state index contributed by atoms with van der Waals surface area (Å²) in [6, 6.07) is 1.35. The van der Waals surface area contributed by atoms with Gasteiger partial charge in [0.2, 0.25) is 0 Å². The van der Waals surface area contributed by atoms with Crippen LogP contribution in [0.3, 0.4) is 0 Å². The third-order valence-corrected chi connectivity index (χ3v) is 1.96. The van der Waals surface area contributed by atoms with Gasteiger partial charge >= 0.3 is 5.82 Å². The minimum Gasteiger partial charge on any atom is -0.358 e. The molecular formula is C6H6BrN3O2. The van der Waals surface area contributed by atoms with Gasteiger partial charge in [-0.05, 0) is 10.5 Å². The number of nitro groups is 1. The van der Waals surface area contributed by atoms with E-state index in [1.807, 2.05) is 0 Å². The van der Waals surface area contributed by atoms with Crippen LogP contribution in [0.5, 0.6) is 0 Å². The molecule has 0 aliphatic carbocycles. The maximum Gasteiger partial charge on any atom is 0.343 e. The van der Waals surface area contributed by atoms with Gasteiger partial charge in [-0.2, -0.15) is 0 Å². The lowest BCUT2D eigenvalue weighted by atomic mass is 10.2. The molecule has 0 bridgehead atoms. The maximum absolute atomic E-state index is 10.2. The molecule has 1 heterocycles. The van der Waals surface area contributed by atoms with Crippen LogP contribution in [0, 0.1) is 10.1 Å². The van der Waals surface area contributed by atoms with E-state index in [9.17, 15) is 10.1 Å². The van der Waals surface area contributed by atoms with Crippen molar-refractivity contribution in [3.05, 3.63) is 28.5 Å². The molecule has 1 N–H and O–H groups in total.